The molecule has 3 heteroatoms. The number of ether oxygens (including phenoxy) is 2. The largest absolute Gasteiger partial charge is 0.493 e. The van der Waals surface area contributed by atoms with E-state index in [1.165, 1.54) is 36.0 Å². The van der Waals surface area contributed by atoms with Crippen molar-refractivity contribution >= 4 is 0 Å². The lowest BCUT2D eigenvalue weighted by atomic mass is 9.87. The Kier molecular flexibility index (Phi) is 7.39. The third-order valence-corrected chi connectivity index (χ3v) is 5.61. The first-order valence-corrected chi connectivity index (χ1v) is 10.3. The van der Waals surface area contributed by atoms with Crippen LogP contribution >= 0.6 is 0 Å². The summed E-state index contributed by atoms with van der Waals surface area (Å²) in [5.41, 5.74) is 4.03. The van der Waals surface area contributed by atoms with E-state index in [1.54, 1.807) is 14.2 Å². The van der Waals surface area contributed by atoms with Crippen LogP contribution in [0.1, 0.15) is 54.8 Å². The molecule has 0 saturated heterocycles. The summed E-state index contributed by atoms with van der Waals surface area (Å²) in [7, 11) is 3.41. The SMILES string of the molecule is C#CCCCCCCN1CCc2cc(OC)c(OC)cc2[C@@H]1c1ccccc1. The van der Waals surface area contributed by atoms with Crippen LogP contribution < -0.4 is 9.47 Å². The van der Waals surface area contributed by atoms with Crippen LogP contribution in [0.4, 0.5) is 0 Å². The first kappa shape index (κ1) is 20.3. The Bertz CT molecular complexity index is 794. The zero-order valence-corrected chi connectivity index (χ0v) is 17.1. The molecule has 1 heterocycles. The van der Waals surface area contributed by atoms with Gasteiger partial charge in [-0.2, -0.15) is 0 Å². The van der Waals surface area contributed by atoms with Crippen LogP contribution in [0.5, 0.6) is 11.5 Å². The molecule has 1 atom stereocenters. The van der Waals surface area contributed by atoms with Crippen molar-refractivity contribution in [3.63, 3.8) is 0 Å². The highest BCUT2D eigenvalue weighted by Crippen LogP contribution is 2.41. The smallest absolute Gasteiger partial charge is 0.161 e. The summed E-state index contributed by atoms with van der Waals surface area (Å²) in [4.78, 5) is 2.62. The van der Waals surface area contributed by atoms with E-state index in [9.17, 15) is 0 Å². The standard InChI is InChI=1S/C25H31NO2/c1-4-5-6-7-8-12-16-26-17-15-21-18-23(27-2)24(28-3)19-22(21)25(26)20-13-10-9-11-14-20/h1,9-11,13-14,18-19,25H,5-8,12,15-17H2,2-3H3/t25-/m0/s1. The molecule has 0 unspecified atom stereocenters. The van der Waals surface area contributed by atoms with Crippen molar-refractivity contribution in [3.8, 4) is 23.8 Å². The first-order valence-electron chi connectivity index (χ1n) is 10.3. The molecule has 2 aromatic rings. The molecule has 0 saturated carbocycles. The van der Waals surface area contributed by atoms with Crippen LogP contribution in [0.3, 0.4) is 0 Å². The number of hydrogen-bond donors (Lipinski definition) is 0. The summed E-state index contributed by atoms with van der Waals surface area (Å²) in [6.45, 7) is 2.16. The number of rotatable bonds is 9. The topological polar surface area (TPSA) is 21.7 Å². The Morgan fingerprint density at radius 1 is 1.00 bits per heavy atom. The molecule has 0 aliphatic carbocycles. The van der Waals surface area contributed by atoms with Gasteiger partial charge in [0.1, 0.15) is 0 Å². The third-order valence-electron chi connectivity index (χ3n) is 5.61. The molecule has 0 radical (unpaired) electrons. The molecule has 0 N–H and O–H groups in total. The molecule has 0 bridgehead atoms. The average molecular weight is 378 g/mol. The Hall–Kier alpha value is -2.44. The van der Waals surface area contributed by atoms with Crippen LogP contribution in [-0.4, -0.2) is 32.2 Å². The molecule has 1 aliphatic heterocycles. The lowest BCUT2D eigenvalue weighted by molar-refractivity contribution is 0.207. The fourth-order valence-electron chi connectivity index (χ4n) is 4.16. The first-order chi connectivity index (χ1) is 13.8. The van der Waals surface area contributed by atoms with Gasteiger partial charge in [-0.05, 0) is 54.6 Å². The summed E-state index contributed by atoms with van der Waals surface area (Å²) in [6.07, 6.45) is 12.1. The van der Waals surface area contributed by atoms with Crippen LogP contribution in [0.15, 0.2) is 42.5 Å². The predicted octanol–water partition coefficient (Wildman–Crippen LogP) is 5.24. The highest BCUT2D eigenvalue weighted by atomic mass is 16.5. The Balaban J connectivity index is 1.83. The molecule has 2 aromatic carbocycles. The second kappa shape index (κ2) is 10.2. The number of unbranched alkanes of at least 4 members (excludes halogenated alkanes) is 4. The summed E-state index contributed by atoms with van der Waals surface area (Å²) in [6, 6.07) is 15.4. The number of benzene rings is 2. The Morgan fingerprint density at radius 3 is 2.43 bits per heavy atom. The van der Waals surface area contributed by atoms with E-state index in [1.807, 2.05) is 0 Å². The molecule has 3 nitrogen and oxygen atoms in total. The molecule has 148 valence electrons. The zero-order valence-electron chi connectivity index (χ0n) is 17.1. The number of terminal acetylenes is 1. The Labute approximate surface area is 169 Å². The lowest BCUT2D eigenvalue weighted by Crippen LogP contribution is -2.36. The van der Waals surface area contributed by atoms with Gasteiger partial charge < -0.3 is 9.47 Å². The van der Waals surface area contributed by atoms with Crippen LogP contribution in [-0.2, 0) is 6.42 Å². The molecule has 28 heavy (non-hydrogen) atoms. The van der Waals surface area contributed by atoms with Gasteiger partial charge in [0.2, 0.25) is 0 Å². The molecular weight excluding hydrogens is 346 g/mol. The molecular formula is C25H31NO2. The van der Waals surface area contributed by atoms with Gasteiger partial charge in [0.15, 0.2) is 11.5 Å². The lowest BCUT2D eigenvalue weighted by Gasteiger charge is -2.38. The van der Waals surface area contributed by atoms with E-state index in [-0.39, 0.29) is 6.04 Å². The van der Waals surface area contributed by atoms with Crippen LogP contribution in [0, 0.1) is 12.3 Å². The minimum atomic E-state index is 0.260. The molecule has 0 aromatic heterocycles. The van der Waals surface area contributed by atoms with Crippen molar-refractivity contribution in [2.45, 2.75) is 44.6 Å². The maximum atomic E-state index is 5.60. The summed E-state index contributed by atoms with van der Waals surface area (Å²) >= 11 is 0. The van der Waals surface area contributed by atoms with Gasteiger partial charge in [-0.15, -0.1) is 12.3 Å². The molecule has 1 aliphatic rings. The predicted molar refractivity (Wildman–Crippen MR) is 115 cm³/mol. The second-order valence-electron chi connectivity index (χ2n) is 7.37. The van der Waals surface area contributed by atoms with E-state index < -0.39 is 0 Å². The van der Waals surface area contributed by atoms with E-state index in [0.717, 1.165) is 43.9 Å². The van der Waals surface area contributed by atoms with Crippen molar-refractivity contribution in [1.82, 2.24) is 4.90 Å². The monoisotopic (exact) mass is 377 g/mol. The molecule has 0 fully saturated rings. The highest BCUT2D eigenvalue weighted by molar-refractivity contribution is 5.51. The number of methoxy groups -OCH3 is 2. The highest BCUT2D eigenvalue weighted by Gasteiger charge is 2.29. The molecule has 0 amide bonds. The number of fused-ring (bicyclic) bond motifs is 1. The van der Waals surface area contributed by atoms with E-state index in [4.69, 9.17) is 15.9 Å². The summed E-state index contributed by atoms with van der Waals surface area (Å²) in [5, 5.41) is 0. The van der Waals surface area contributed by atoms with E-state index >= 15 is 0 Å². The van der Waals surface area contributed by atoms with Gasteiger partial charge in [0.05, 0.1) is 20.3 Å². The van der Waals surface area contributed by atoms with Crippen LogP contribution in [0.2, 0.25) is 0 Å². The second-order valence-corrected chi connectivity index (χ2v) is 7.37. The maximum Gasteiger partial charge on any atom is 0.161 e. The van der Waals surface area contributed by atoms with Gasteiger partial charge in [0.25, 0.3) is 0 Å². The fourth-order valence-corrected chi connectivity index (χ4v) is 4.16. The summed E-state index contributed by atoms with van der Waals surface area (Å²) in [5.74, 6) is 4.35. The minimum absolute atomic E-state index is 0.260. The van der Waals surface area contributed by atoms with Gasteiger partial charge in [-0.1, -0.05) is 43.2 Å². The summed E-state index contributed by atoms with van der Waals surface area (Å²) < 4.78 is 11.1. The van der Waals surface area contributed by atoms with Crippen LogP contribution in [0.25, 0.3) is 0 Å². The molecule has 3 rings (SSSR count). The maximum absolute atomic E-state index is 5.60. The quantitative estimate of drug-likeness (QED) is 0.441. The van der Waals surface area contributed by atoms with E-state index in [2.05, 4.69) is 53.3 Å². The average Bonchev–Trinajstić information content (AvgIpc) is 2.75. The van der Waals surface area contributed by atoms with Gasteiger partial charge in [-0.25, -0.2) is 0 Å². The number of nitrogens with zero attached hydrogens (tertiary/aromatic N) is 1. The normalized spacial score (nSPS) is 16.2. The van der Waals surface area contributed by atoms with Crippen molar-refractivity contribution < 1.29 is 9.47 Å². The number of hydrogen-bond acceptors (Lipinski definition) is 3. The Morgan fingerprint density at radius 2 is 1.71 bits per heavy atom. The van der Waals surface area contributed by atoms with Gasteiger partial charge >= 0.3 is 0 Å². The van der Waals surface area contributed by atoms with Crippen molar-refractivity contribution in [1.29, 1.82) is 0 Å². The van der Waals surface area contributed by atoms with Crippen molar-refractivity contribution in [2.75, 3.05) is 27.3 Å². The minimum Gasteiger partial charge on any atom is -0.493 e. The van der Waals surface area contributed by atoms with Gasteiger partial charge in [0, 0.05) is 13.0 Å². The van der Waals surface area contributed by atoms with Crippen molar-refractivity contribution in [3.05, 3.63) is 59.2 Å². The fraction of sp³-hybridized carbons (Fsp3) is 0.440. The van der Waals surface area contributed by atoms with E-state index in [0.29, 0.717) is 0 Å². The molecule has 0 spiro atoms. The zero-order chi connectivity index (χ0) is 19.8. The van der Waals surface area contributed by atoms with Crippen molar-refractivity contribution in [2.24, 2.45) is 0 Å². The van der Waals surface area contributed by atoms with Gasteiger partial charge in [-0.3, -0.25) is 4.90 Å². The third kappa shape index (κ3) is 4.69.